The summed E-state index contributed by atoms with van der Waals surface area (Å²) in [6.07, 6.45) is 4.10. The molecule has 1 aliphatic carbocycles. The molecule has 0 aliphatic heterocycles. The van der Waals surface area contributed by atoms with Crippen LogP contribution in [-0.2, 0) is 4.79 Å². The predicted octanol–water partition coefficient (Wildman–Crippen LogP) is 4.29. The van der Waals surface area contributed by atoms with Gasteiger partial charge in [0.2, 0.25) is 0 Å². The topological polar surface area (TPSA) is 17.1 Å². The first-order valence-electron chi connectivity index (χ1n) is 6.17. The number of ketones is 1. The fourth-order valence-corrected chi connectivity index (χ4v) is 3.08. The maximum Gasteiger partial charge on any atom is 0.184 e. The highest BCUT2D eigenvalue weighted by Gasteiger charge is 2.35. The normalized spacial score (nSPS) is 25.9. The van der Waals surface area contributed by atoms with Crippen LogP contribution in [0.4, 0.5) is 0 Å². The van der Waals surface area contributed by atoms with Gasteiger partial charge in [0.05, 0.1) is 0 Å². The van der Waals surface area contributed by atoms with Crippen molar-refractivity contribution in [1.82, 2.24) is 0 Å². The second kappa shape index (κ2) is 4.57. The highest BCUT2D eigenvalue weighted by molar-refractivity contribution is 6.09. The second-order valence-electron chi connectivity index (χ2n) is 5.85. The van der Waals surface area contributed by atoms with Crippen LogP contribution in [-0.4, -0.2) is 5.78 Å². The molecule has 1 nitrogen and oxygen atoms in total. The molecular formula is C15H24O. The minimum absolute atomic E-state index is 0.0309. The third kappa shape index (κ3) is 2.45. The minimum atomic E-state index is 0.0309. The lowest BCUT2D eigenvalue weighted by Crippen LogP contribution is -2.29. The van der Waals surface area contributed by atoms with Gasteiger partial charge in [-0.25, -0.2) is 0 Å². The number of carbonyl (C=O) groups is 1. The number of hydrogen-bond donors (Lipinski definition) is 0. The van der Waals surface area contributed by atoms with Gasteiger partial charge in [0.1, 0.15) is 0 Å². The monoisotopic (exact) mass is 220 g/mol. The van der Waals surface area contributed by atoms with Crippen molar-refractivity contribution >= 4 is 5.78 Å². The summed E-state index contributed by atoms with van der Waals surface area (Å²) in [6.45, 7) is 12.6. The second-order valence-corrected chi connectivity index (χ2v) is 5.85. The highest BCUT2D eigenvalue weighted by Crippen LogP contribution is 2.43. The standard InChI is InChI=1S/C15H24O/c1-7-11(3)14(16)13-12(4)8-10(2)9-15(13,5)6/h7,10H,8-9H2,1-6H3. The van der Waals surface area contributed by atoms with Crippen molar-refractivity contribution < 1.29 is 4.79 Å². The first-order valence-corrected chi connectivity index (χ1v) is 6.17. The smallest absolute Gasteiger partial charge is 0.184 e. The van der Waals surface area contributed by atoms with Crippen molar-refractivity contribution in [1.29, 1.82) is 0 Å². The van der Waals surface area contributed by atoms with Gasteiger partial charge < -0.3 is 0 Å². The molecule has 0 heterocycles. The third-order valence-corrected chi connectivity index (χ3v) is 3.64. The molecule has 0 N–H and O–H groups in total. The molecule has 1 aliphatic rings. The third-order valence-electron chi connectivity index (χ3n) is 3.64. The molecule has 0 fully saturated rings. The summed E-state index contributed by atoms with van der Waals surface area (Å²) >= 11 is 0. The van der Waals surface area contributed by atoms with Crippen molar-refractivity contribution in [3.63, 3.8) is 0 Å². The Morgan fingerprint density at radius 3 is 2.44 bits per heavy atom. The minimum Gasteiger partial charge on any atom is -0.289 e. The van der Waals surface area contributed by atoms with Crippen LogP contribution in [0, 0.1) is 11.3 Å². The first-order chi connectivity index (χ1) is 7.29. The lowest BCUT2D eigenvalue weighted by Gasteiger charge is -2.37. The van der Waals surface area contributed by atoms with E-state index in [0.717, 1.165) is 24.0 Å². The van der Waals surface area contributed by atoms with E-state index in [1.54, 1.807) is 0 Å². The van der Waals surface area contributed by atoms with Gasteiger partial charge in [-0.05, 0) is 50.5 Å². The Labute approximate surface area is 99.6 Å². The van der Waals surface area contributed by atoms with Crippen molar-refractivity contribution in [3.8, 4) is 0 Å². The van der Waals surface area contributed by atoms with Gasteiger partial charge in [-0.15, -0.1) is 0 Å². The summed E-state index contributed by atoms with van der Waals surface area (Å²) in [6, 6.07) is 0. The van der Waals surface area contributed by atoms with Gasteiger partial charge in [0.15, 0.2) is 5.78 Å². The number of allylic oxidation sites excluding steroid dienone is 4. The van der Waals surface area contributed by atoms with E-state index >= 15 is 0 Å². The lowest BCUT2D eigenvalue weighted by atomic mass is 9.67. The maximum absolute atomic E-state index is 12.3. The number of rotatable bonds is 2. The molecule has 0 aromatic heterocycles. The van der Waals surface area contributed by atoms with Crippen molar-refractivity contribution in [2.75, 3.05) is 0 Å². The summed E-state index contributed by atoms with van der Waals surface area (Å²) in [4.78, 5) is 12.3. The Bertz CT molecular complexity index is 356. The molecule has 0 saturated carbocycles. The van der Waals surface area contributed by atoms with Crippen LogP contribution in [0.2, 0.25) is 0 Å². The molecule has 0 bridgehead atoms. The molecule has 0 spiro atoms. The summed E-state index contributed by atoms with van der Waals surface area (Å²) in [5, 5.41) is 0. The molecule has 16 heavy (non-hydrogen) atoms. The van der Waals surface area contributed by atoms with Crippen LogP contribution in [0.25, 0.3) is 0 Å². The van der Waals surface area contributed by atoms with Crippen LogP contribution in [0.3, 0.4) is 0 Å². The highest BCUT2D eigenvalue weighted by atomic mass is 16.1. The van der Waals surface area contributed by atoms with E-state index in [1.165, 1.54) is 5.57 Å². The average molecular weight is 220 g/mol. The Balaban J connectivity index is 3.19. The quantitative estimate of drug-likeness (QED) is 0.634. The van der Waals surface area contributed by atoms with E-state index < -0.39 is 0 Å². The average Bonchev–Trinajstić information content (AvgIpc) is 2.13. The van der Waals surface area contributed by atoms with Crippen molar-refractivity contribution in [3.05, 3.63) is 22.8 Å². The summed E-state index contributed by atoms with van der Waals surface area (Å²) < 4.78 is 0. The first kappa shape index (κ1) is 13.2. The zero-order valence-electron chi connectivity index (χ0n) is 11.5. The van der Waals surface area contributed by atoms with Gasteiger partial charge in [0, 0.05) is 5.57 Å². The van der Waals surface area contributed by atoms with Crippen LogP contribution >= 0.6 is 0 Å². The van der Waals surface area contributed by atoms with Crippen LogP contribution in [0.1, 0.15) is 54.4 Å². The van der Waals surface area contributed by atoms with E-state index in [0.29, 0.717) is 5.92 Å². The fourth-order valence-electron chi connectivity index (χ4n) is 3.08. The van der Waals surface area contributed by atoms with Crippen molar-refractivity contribution in [2.24, 2.45) is 11.3 Å². The van der Waals surface area contributed by atoms with Gasteiger partial charge in [0.25, 0.3) is 0 Å². The zero-order chi connectivity index (χ0) is 12.5. The number of hydrogen-bond acceptors (Lipinski definition) is 1. The van der Waals surface area contributed by atoms with E-state index in [1.807, 2.05) is 19.9 Å². The molecule has 1 unspecified atom stereocenters. The Kier molecular flexibility index (Phi) is 3.77. The van der Waals surface area contributed by atoms with Gasteiger partial charge in [-0.2, -0.15) is 0 Å². The van der Waals surface area contributed by atoms with E-state index in [2.05, 4.69) is 27.7 Å². The number of Topliss-reactive ketones (excluding diaryl/α,β-unsaturated/α-hetero) is 1. The van der Waals surface area contributed by atoms with Gasteiger partial charge in [-0.1, -0.05) is 32.4 Å². The Morgan fingerprint density at radius 1 is 1.44 bits per heavy atom. The maximum atomic E-state index is 12.3. The Morgan fingerprint density at radius 2 is 2.00 bits per heavy atom. The SMILES string of the molecule is CC=C(C)C(=O)C1=C(C)CC(C)CC1(C)C. The summed E-state index contributed by atoms with van der Waals surface area (Å²) in [7, 11) is 0. The molecule has 0 aromatic carbocycles. The molecule has 1 heteroatoms. The summed E-state index contributed by atoms with van der Waals surface area (Å²) in [5.74, 6) is 0.939. The molecule has 1 rings (SSSR count). The molecular weight excluding hydrogens is 196 g/mol. The fraction of sp³-hybridized carbons (Fsp3) is 0.667. The van der Waals surface area contributed by atoms with Crippen LogP contribution < -0.4 is 0 Å². The molecule has 1 atom stereocenters. The summed E-state index contributed by atoms with van der Waals surface area (Å²) in [5.41, 5.74) is 3.25. The van der Waals surface area contributed by atoms with Crippen molar-refractivity contribution in [2.45, 2.75) is 54.4 Å². The van der Waals surface area contributed by atoms with Crippen LogP contribution in [0.5, 0.6) is 0 Å². The zero-order valence-corrected chi connectivity index (χ0v) is 11.5. The number of carbonyl (C=O) groups excluding carboxylic acids is 1. The molecule has 0 radical (unpaired) electrons. The van der Waals surface area contributed by atoms with E-state index in [-0.39, 0.29) is 11.2 Å². The lowest BCUT2D eigenvalue weighted by molar-refractivity contribution is -0.113. The largest absolute Gasteiger partial charge is 0.289 e. The molecule has 90 valence electrons. The predicted molar refractivity (Wildman–Crippen MR) is 69.3 cm³/mol. The van der Waals surface area contributed by atoms with Crippen LogP contribution in [0.15, 0.2) is 22.8 Å². The van der Waals surface area contributed by atoms with E-state index in [9.17, 15) is 4.79 Å². The Hall–Kier alpha value is -0.850. The van der Waals surface area contributed by atoms with Gasteiger partial charge >= 0.3 is 0 Å². The van der Waals surface area contributed by atoms with Gasteiger partial charge in [-0.3, -0.25) is 4.79 Å². The molecule has 0 amide bonds. The van der Waals surface area contributed by atoms with E-state index in [4.69, 9.17) is 0 Å². The molecule has 0 aromatic rings. The molecule has 0 saturated heterocycles.